The van der Waals surface area contributed by atoms with Gasteiger partial charge in [0, 0.05) is 0 Å². The second kappa shape index (κ2) is 5.02. The number of aromatic nitrogens is 2. The zero-order valence-corrected chi connectivity index (χ0v) is 12.9. The third-order valence-corrected chi connectivity index (χ3v) is 4.50. The van der Waals surface area contributed by atoms with Crippen LogP contribution in [-0.4, -0.2) is 9.55 Å². The maximum absolute atomic E-state index is 13.6. The summed E-state index contributed by atoms with van der Waals surface area (Å²) in [4.78, 5) is 4.42. The number of rotatable bonds is 2. The van der Waals surface area contributed by atoms with E-state index in [0.29, 0.717) is 11.0 Å². The SMILES string of the molecule is Cc1cc2ncn(Cc3cccc(F)c3Br)c2cc1C. The summed E-state index contributed by atoms with van der Waals surface area (Å²) in [5.41, 5.74) is 5.42. The number of aryl methyl sites for hydroxylation is 2. The lowest BCUT2D eigenvalue weighted by Gasteiger charge is -2.08. The molecular weight excluding hydrogens is 319 g/mol. The highest BCUT2D eigenvalue weighted by Gasteiger charge is 2.09. The van der Waals surface area contributed by atoms with Crippen molar-refractivity contribution >= 4 is 27.0 Å². The van der Waals surface area contributed by atoms with Crippen LogP contribution in [0.25, 0.3) is 11.0 Å². The van der Waals surface area contributed by atoms with Gasteiger partial charge in [-0.1, -0.05) is 12.1 Å². The van der Waals surface area contributed by atoms with E-state index >= 15 is 0 Å². The summed E-state index contributed by atoms with van der Waals surface area (Å²) in [7, 11) is 0. The van der Waals surface area contributed by atoms with Gasteiger partial charge in [0.05, 0.1) is 28.4 Å². The highest BCUT2D eigenvalue weighted by molar-refractivity contribution is 9.10. The van der Waals surface area contributed by atoms with Crippen molar-refractivity contribution in [2.24, 2.45) is 0 Å². The number of benzene rings is 2. The zero-order chi connectivity index (χ0) is 14.3. The minimum Gasteiger partial charge on any atom is -0.326 e. The molecule has 0 saturated carbocycles. The maximum atomic E-state index is 13.6. The number of fused-ring (bicyclic) bond motifs is 1. The quantitative estimate of drug-likeness (QED) is 0.670. The van der Waals surface area contributed by atoms with Crippen LogP contribution in [0.1, 0.15) is 16.7 Å². The Kier molecular flexibility index (Phi) is 3.34. The summed E-state index contributed by atoms with van der Waals surface area (Å²) < 4.78 is 16.1. The van der Waals surface area contributed by atoms with Gasteiger partial charge in [-0.15, -0.1) is 0 Å². The van der Waals surface area contributed by atoms with Gasteiger partial charge in [-0.3, -0.25) is 0 Å². The predicted octanol–water partition coefficient (Wildman–Crippen LogP) is 4.60. The van der Waals surface area contributed by atoms with Gasteiger partial charge < -0.3 is 4.57 Å². The van der Waals surface area contributed by atoms with E-state index in [1.54, 1.807) is 12.4 Å². The van der Waals surface area contributed by atoms with Gasteiger partial charge in [0.25, 0.3) is 0 Å². The molecule has 0 aliphatic rings. The summed E-state index contributed by atoms with van der Waals surface area (Å²) in [6.45, 7) is 4.76. The largest absolute Gasteiger partial charge is 0.326 e. The Bertz CT molecular complexity index is 793. The molecule has 3 aromatic rings. The lowest BCUT2D eigenvalue weighted by Crippen LogP contribution is -2.00. The summed E-state index contributed by atoms with van der Waals surface area (Å²) in [6.07, 6.45) is 1.81. The van der Waals surface area contributed by atoms with E-state index < -0.39 is 0 Å². The van der Waals surface area contributed by atoms with Crippen LogP contribution in [0.2, 0.25) is 0 Å². The first-order valence-electron chi connectivity index (χ1n) is 6.41. The highest BCUT2D eigenvalue weighted by Crippen LogP contribution is 2.24. The monoisotopic (exact) mass is 332 g/mol. The summed E-state index contributed by atoms with van der Waals surface area (Å²) in [6, 6.07) is 9.31. The molecule has 0 N–H and O–H groups in total. The molecular formula is C16H14BrFN2. The van der Waals surface area contributed by atoms with Crippen molar-refractivity contribution < 1.29 is 4.39 Å². The fourth-order valence-electron chi connectivity index (χ4n) is 2.29. The minimum absolute atomic E-state index is 0.237. The second-order valence-corrected chi connectivity index (χ2v) is 5.80. The first-order valence-corrected chi connectivity index (χ1v) is 7.20. The zero-order valence-electron chi connectivity index (χ0n) is 11.3. The first-order chi connectivity index (χ1) is 9.56. The van der Waals surface area contributed by atoms with E-state index in [4.69, 9.17) is 0 Å². The maximum Gasteiger partial charge on any atom is 0.137 e. The van der Waals surface area contributed by atoms with Crippen LogP contribution in [-0.2, 0) is 6.54 Å². The van der Waals surface area contributed by atoms with Gasteiger partial charge in [0.1, 0.15) is 5.82 Å². The molecule has 0 aliphatic heterocycles. The normalized spacial score (nSPS) is 11.2. The van der Waals surface area contributed by atoms with Crippen molar-refractivity contribution in [3.05, 3.63) is 63.6 Å². The number of nitrogens with zero attached hydrogens (tertiary/aromatic N) is 2. The third-order valence-electron chi connectivity index (χ3n) is 3.61. The molecule has 0 unspecified atom stereocenters. The van der Waals surface area contributed by atoms with Crippen LogP contribution in [0.5, 0.6) is 0 Å². The molecule has 0 fully saturated rings. The Labute approximate surface area is 125 Å². The molecule has 1 heterocycles. The summed E-state index contributed by atoms with van der Waals surface area (Å²) in [5, 5.41) is 0. The lowest BCUT2D eigenvalue weighted by atomic mass is 10.1. The number of hydrogen-bond donors (Lipinski definition) is 0. The second-order valence-electron chi connectivity index (χ2n) is 5.01. The van der Waals surface area contributed by atoms with Crippen LogP contribution in [0.15, 0.2) is 41.1 Å². The van der Waals surface area contributed by atoms with E-state index in [9.17, 15) is 4.39 Å². The molecule has 0 saturated heterocycles. The van der Waals surface area contributed by atoms with Crippen molar-refractivity contribution in [1.29, 1.82) is 0 Å². The Hall–Kier alpha value is -1.68. The van der Waals surface area contributed by atoms with Crippen LogP contribution >= 0.6 is 15.9 Å². The Morgan fingerprint density at radius 2 is 1.95 bits per heavy atom. The van der Waals surface area contributed by atoms with Gasteiger partial charge in [0.15, 0.2) is 0 Å². The van der Waals surface area contributed by atoms with E-state index in [1.807, 2.05) is 10.6 Å². The topological polar surface area (TPSA) is 17.8 Å². The van der Waals surface area contributed by atoms with Crippen LogP contribution < -0.4 is 0 Å². The fraction of sp³-hybridized carbons (Fsp3) is 0.188. The molecule has 0 atom stereocenters. The van der Waals surface area contributed by atoms with Gasteiger partial charge in [-0.2, -0.15) is 0 Å². The molecule has 1 aromatic heterocycles. The van der Waals surface area contributed by atoms with Gasteiger partial charge in [0.2, 0.25) is 0 Å². The summed E-state index contributed by atoms with van der Waals surface area (Å²) >= 11 is 3.31. The molecule has 0 aliphatic carbocycles. The number of imidazole rings is 1. The van der Waals surface area contributed by atoms with Gasteiger partial charge in [-0.25, -0.2) is 9.37 Å². The first kappa shape index (κ1) is 13.3. The van der Waals surface area contributed by atoms with Crippen LogP contribution in [0.3, 0.4) is 0 Å². The summed E-state index contributed by atoms with van der Waals surface area (Å²) in [5.74, 6) is -0.237. The molecule has 0 bridgehead atoms. The van der Waals surface area contributed by atoms with Crippen LogP contribution in [0, 0.1) is 19.7 Å². The predicted molar refractivity (Wildman–Crippen MR) is 82.4 cm³/mol. The number of halogens is 2. The minimum atomic E-state index is -0.237. The van der Waals surface area contributed by atoms with E-state index in [-0.39, 0.29) is 5.82 Å². The molecule has 102 valence electrons. The van der Waals surface area contributed by atoms with Crippen molar-refractivity contribution in [1.82, 2.24) is 9.55 Å². The molecule has 20 heavy (non-hydrogen) atoms. The molecule has 0 spiro atoms. The lowest BCUT2D eigenvalue weighted by molar-refractivity contribution is 0.616. The van der Waals surface area contributed by atoms with Crippen molar-refractivity contribution in [3.8, 4) is 0 Å². The smallest absolute Gasteiger partial charge is 0.137 e. The van der Waals surface area contributed by atoms with Gasteiger partial charge in [-0.05, 0) is 64.7 Å². The Balaban J connectivity index is 2.07. The van der Waals surface area contributed by atoms with E-state index in [2.05, 4.69) is 46.9 Å². The average molecular weight is 333 g/mol. The van der Waals surface area contributed by atoms with Crippen LogP contribution in [0.4, 0.5) is 4.39 Å². The van der Waals surface area contributed by atoms with E-state index in [0.717, 1.165) is 16.6 Å². The Morgan fingerprint density at radius 1 is 1.20 bits per heavy atom. The molecule has 3 rings (SSSR count). The van der Waals surface area contributed by atoms with Crippen molar-refractivity contribution in [2.75, 3.05) is 0 Å². The fourth-order valence-corrected chi connectivity index (χ4v) is 2.68. The molecule has 2 aromatic carbocycles. The molecule has 0 radical (unpaired) electrons. The highest BCUT2D eigenvalue weighted by atomic mass is 79.9. The van der Waals surface area contributed by atoms with Crippen molar-refractivity contribution in [2.45, 2.75) is 20.4 Å². The molecule has 2 nitrogen and oxygen atoms in total. The Morgan fingerprint density at radius 3 is 2.75 bits per heavy atom. The molecule has 0 amide bonds. The average Bonchev–Trinajstić information content (AvgIpc) is 2.78. The van der Waals surface area contributed by atoms with Gasteiger partial charge >= 0.3 is 0 Å². The van der Waals surface area contributed by atoms with Crippen molar-refractivity contribution in [3.63, 3.8) is 0 Å². The number of hydrogen-bond acceptors (Lipinski definition) is 1. The van der Waals surface area contributed by atoms with E-state index in [1.165, 1.54) is 17.2 Å². The molecule has 4 heteroatoms. The standard InChI is InChI=1S/C16H14BrFN2/c1-10-6-14-15(7-11(10)2)20(9-19-14)8-12-4-3-5-13(18)16(12)17/h3-7,9H,8H2,1-2H3. The third kappa shape index (κ3) is 2.24.